The van der Waals surface area contributed by atoms with E-state index in [0.717, 1.165) is 17.0 Å². The van der Waals surface area contributed by atoms with Gasteiger partial charge in [-0.1, -0.05) is 42.5 Å². The van der Waals surface area contributed by atoms with Gasteiger partial charge in [-0.05, 0) is 23.3 Å². The highest BCUT2D eigenvalue weighted by Gasteiger charge is 2.14. The largest absolute Gasteiger partial charge is 0.348 e. The Morgan fingerprint density at radius 1 is 1.05 bits per heavy atom. The molecule has 2 N–H and O–H groups in total. The number of imidazole rings is 1. The minimum atomic E-state index is -0.228. The first-order chi connectivity index (χ1) is 10.3. The Morgan fingerprint density at radius 3 is 2.57 bits per heavy atom. The maximum atomic E-state index is 13.5. The van der Waals surface area contributed by atoms with E-state index in [4.69, 9.17) is 0 Å². The van der Waals surface area contributed by atoms with E-state index in [2.05, 4.69) is 15.3 Å². The van der Waals surface area contributed by atoms with Gasteiger partial charge in [-0.15, -0.1) is 0 Å². The minimum absolute atomic E-state index is 0.0769. The van der Waals surface area contributed by atoms with Crippen molar-refractivity contribution in [2.24, 2.45) is 0 Å². The second-order valence-corrected chi connectivity index (χ2v) is 4.82. The number of nitrogens with one attached hydrogen (secondary N) is 2. The molecule has 3 aromatic rings. The Labute approximate surface area is 122 Å². The molecule has 0 aliphatic rings. The number of nitrogens with zero attached hydrogens (tertiary/aromatic N) is 1. The van der Waals surface area contributed by atoms with Crippen molar-refractivity contribution in [3.8, 4) is 0 Å². The highest BCUT2D eigenvalue weighted by Crippen LogP contribution is 2.22. The zero-order valence-electron chi connectivity index (χ0n) is 11.5. The minimum Gasteiger partial charge on any atom is -0.348 e. The van der Waals surface area contributed by atoms with Crippen LogP contribution in [0.25, 0.3) is 0 Å². The molecule has 1 heterocycles. The number of hydrogen-bond donors (Lipinski definition) is 2. The summed E-state index contributed by atoms with van der Waals surface area (Å²) in [6.45, 7) is 0.586. The monoisotopic (exact) mass is 281 g/mol. The SMILES string of the molecule is Fc1cccc([C@@H](NCc2ncc[nH]2)c2ccccc2)c1. The zero-order chi connectivity index (χ0) is 14.5. The fourth-order valence-corrected chi connectivity index (χ4v) is 2.35. The Hall–Kier alpha value is -2.46. The van der Waals surface area contributed by atoms with Crippen LogP contribution in [0.15, 0.2) is 67.0 Å². The van der Waals surface area contributed by atoms with Crippen LogP contribution in [0.4, 0.5) is 4.39 Å². The first kappa shape index (κ1) is 13.5. The number of benzene rings is 2. The molecule has 1 atom stereocenters. The normalized spacial score (nSPS) is 12.2. The van der Waals surface area contributed by atoms with Crippen molar-refractivity contribution < 1.29 is 4.39 Å². The van der Waals surface area contributed by atoms with Gasteiger partial charge in [0.2, 0.25) is 0 Å². The lowest BCUT2D eigenvalue weighted by atomic mass is 9.98. The molecule has 21 heavy (non-hydrogen) atoms. The van der Waals surface area contributed by atoms with Crippen molar-refractivity contribution in [1.29, 1.82) is 0 Å². The van der Waals surface area contributed by atoms with Crippen molar-refractivity contribution >= 4 is 0 Å². The predicted octanol–water partition coefficient (Wildman–Crippen LogP) is 3.43. The van der Waals surface area contributed by atoms with Crippen molar-refractivity contribution in [2.75, 3.05) is 0 Å². The first-order valence-corrected chi connectivity index (χ1v) is 6.85. The maximum absolute atomic E-state index is 13.5. The van der Waals surface area contributed by atoms with Gasteiger partial charge >= 0.3 is 0 Å². The number of halogens is 1. The van der Waals surface area contributed by atoms with Crippen LogP contribution in [-0.4, -0.2) is 9.97 Å². The molecule has 0 bridgehead atoms. The van der Waals surface area contributed by atoms with E-state index in [1.807, 2.05) is 36.4 Å². The molecule has 0 aliphatic carbocycles. The Bertz CT molecular complexity index is 680. The molecular weight excluding hydrogens is 265 g/mol. The van der Waals surface area contributed by atoms with Gasteiger partial charge in [-0.25, -0.2) is 9.37 Å². The van der Waals surface area contributed by atoms with Crippen molar-refractivity contribution in [2.45, 2.75) is 12.6 Å². The molecule has 0 saturated carbocycles. The van der Waals surface area contributed by atoms with Gasteiger partial charge in [0.05, 0.1) is 12.6 Å². The summed E-state index contributed by atoms with van der Waals surface area (Å²) in [5.74, 6) is 0.626. The van der Waals surface area contributed by atoms with E-state index in [9.17, 15) is 4.39 Å². The van der Waals surface area contributed by atoms with Gasteiger partial charge in [0.15, 0.2) is 0 Å². The number of H-pyrrole nitrogens is 1. The lowest BCUT2D eigenvalue weighted by Gasteiger charge is -2.19. The van der Waals surface area contributed by atoms with Crippen molar-refractivity contribution in [3.63, 3.8) is 0 Å². The van der Waals surface area contributed by atoms with E-state index < -0.39 is 0 Å². The topological polar surface area (TPSA) is 40.7 Å². The molecule has 0 fully saturated rings. The Kier molecular flexibility index (Phi) is 4.07. The van der Waals surface area contributed by atoms with Gasteiger partial charge in [0.1, 0.15) is 11.6 Å². The van der Waals surface area contributed by atoms with Gasteiger partial charge in [-0.2, -0.15) is 0 Å². The molecule has 106 valence electrons. The molecule has 3 rings (SSSR count). The average molecular weight is 281 g/mol. The highest BCUT2D eigenvalue weighted by atomic mass is 19.1. The van der Waals surface area contributed by atoms with Crippen LogP contribution in [0.3, 0.4) is 0 Å². The second-order valence-electron chi connectivity index (χ2n) is 4.82. The third-order valence-corrected chi connectivity index (χ3v) is 3.34. The fourth-order valence-electron chi connectivity index (χ4n) is 2.35. The van der Waals surface area contributed by atoms with Gasteiger partial charge < -0.3 is 4.98 Å². The molecule has 0 radical (unpaired) electrons. The van der Waals surface area contributed by atoms with Crippen LogP contribution < -0.4 is 5.32 Å². The quantitative estimate of drug-likeness (QED) is 0.752. The van der Waals surface area contributed by atoms with Gasteiger partial charge in [0, 0.05) is 12.4 Å². The molecule has 0 aliphatic heterocycles. The second kappa shape index (κ2) is 6.33. The Balaban J connectivity index is 1.87. The van der Waals surface area contributed by atoms with Crippen LogP contribution in [0.5, 0.6) is 0 Å². The van der Waals surface area contributed by atoms with E-state index in [1.54, 1.807) is 24.5 Å². The summed E-state index contributed by atoms with van der Waals surface area (Å²) in [5.41, 5.74) is 1.99. The molecule has 0 unspecified atom stereocenters. The zero-order valence-corrected chi connectivity index (χ0v) is 11.5. The third kappa shape index (κ3) is 3.35. The molecule has 2 aromatic carbocycles. The summed E-state index contributed by atoms with van der Waals surface area (Å²) in [7, 11) is 0. The molecule has 4 heteroatoms. The summed E-state index contributed by atoms with van der Waals surface area (Å²) in [6, 6.07) is 16.6. The number of hydrogen-bond acceptors (Lipinski definition) is 2. The van der Waals surface area contributed by atoms with E-state index in [0.29, 0.717) is 6.54 Å². The summed E-state index contributed by atoms with van der Waals surface area (Å²) in [6.07, 6.45) is 3.51. The van der Waals surface area contributed by atoms with E-state index in [-0.39, 0.29) is 11.9 Å². The molecule has 0 amide bonds. The van der Waals surface area contributed by atoms with E-state index in [1.165, 1.54) is 6.07 Å². The average Bonchev–Trinajstić information content (AvgIpc) is 3.02. The Morgan fingerprint density at radius 2 is 1.86 bits per heavy atom. The lowest BCUT2D eigenvalue weighted by molar-refractivity contribution is 0.579. The number of rotatable bonds is 5. The van der Waals surface area contributed by atoms with Crippen molar-refractivity contribution in [1.82, 2.24) is 15.3 Å². The van der Waals surface area contributed by atoms with Crippen LogP contribution in [0.2, 0.25) is 0 Å². The summed E-state index contributed by atoms with van der Waals surface area (Å²) in [5, 5.41) is 3.42. The first-order valence-electron chi connectivity index (χ1n) is 6.85. The standard InChI is InChI=1S/C17H16FN3/c18-15-8-4-7-14(11-15)17(13-5-2-1-3-6-13)21-12-16-19-9-10-20-16/h1-11,17,21H,12H2,(H,19,20)/t17-/m0/s1. The van der Waals surface area contributed by atoms with Crippen LogP contribution in [-0.2, 0) is 6.54 Å². The molecule has 0 spiro atoms. The summed E-state index contributed by atoms with van der Waals surface area (Å²) in [4.78, 5) is 7.26. The molecule has 1 aromatic heterocycles. The van der Waals surface area contributed by atoms with E-state index >= 15 is 0 Å². The van der Waals surface area contributed by atoms with Gasteiger partial charge in [0.25, 0.3) is 0 Å². The fraction of sp³-hybridized carbons (Fsp3) is 0.118. The molecule has 0 saturated heterocycles. The highest BCUT2D eigenvalue weighted by molar-refractivity contribution is 5.32. The lowest BCUT2D eigenvalue weighted by Crippen LogP contribution is -2.22. The summed E-state index contributed by atoms with van der Waals surface area (Å²) < 4.78 is 13.5. The van der Waals surface area contributed by atoms with Crippen LogP contribution >= 0.6 is 0 Å². The number of aromatic amines is 1. The summed E-state index contributed by atoms with van der Waals surface area (Å²) >= 11 is 0. The van der Waals surface area contributed by atoms with Crippen LogP contribution in [0, 0.1) is 5.82 Å². The predicted molar refractivity (Wildman–Crippen MR) is 80.1 cm³/mol. The molecular formula is C17H16FN3. The third-order valence-electron chi connectivity index (χ3n) is 3.34. The van der Waals surface area contributed by atoms with Crippen LogP contribution in [0.1, 0.15) is 23.0 Å². The van der Waals surface area contributed by atoms with Crippen molar-refractivity contribution in [3.05, 3.63) is 89.8 Å². The number of aromatic nitrogens is 2. The maximum Gasteiger partial charge on any atom is 0.123 e. The van der Waals surface area contributed by atoms with Gasteiger partial charge in [-0.3, -0.25) is 5.32 Å². The smallest absolute Gasteiger partial charge is 0.123 e. The molecule has 3 nitrogen and oxygen atoms in total.